The number of nitrogens with zero attached hydrogens (tertiary/aromatic N) is 3. The molecule has 0 aromatic carbocycles. The summed E-state index contributed by atoms with van der Waals surface area (Å²) in [5, 5.41) is 7.01. The van der Waals surface area contributed by atoms with E-state index in [1.807, 2.05) is 0 Å². The Bertz CT molecular complexity index is 576. The van der Waals surface area contributed by atoms with Gasteiger partial charge in [0.15, 0.2) is 6.04 Å². The topological polar surface area (TPSA) is 42.7 Å². The van der Waals surface area contributed by atoms with Gasteiger partial charge in [0.1, 0.15) is 5.82 Å². The molecule has 3 rings (SSSR count). The van der Waals surface area contributed by atoms with E-state index in [2.05, 4.69) is 15.4 Å². The van der Waals surface area contributed by atoms with E-state index in [0.717, 1.165) is 10.2 Å². The van der Waals surface area contributed by atoms with Crippen LogP contribution in [0.15, 0.2) is 30.6 Å². The van der Waals surface area contributed by atoms with E-state index in [0.29, 0.717) is 18.1 Å². The summed E-state index contributed by atoms with van der Waals surface area (Å²) in [5.74, 6) is 0.403. The van der Waals surface area contributed by atoms with Gasteiger partial charge >= 0.3 is 6.18 Å². The van der Waals surface area contributed by atoms with E-state index in [1.54, 1.807) is 30.6 Å². The first-order valence-corrected chi connectivity index (χ1v) is 5.86. The van der Waals surface area contributed by atoms with E-state index in [9.17, 15) is 13.2 Å². The fraction of sp³-hybridized carbons (Fsp3) is 0.333. The second-order valence-electron chi connectivity index (χ2n) is 4.37. The zero-order chi connectivity index (χ0) is 13.5. The number of rotatable bonds is 1. The van der Waals surface area contributed by atoms with Crippen molar-refractivity contribution in [1.29, 1.82) is 0 Å². The van der Waals surface area contributed by atoms with E-state index < -0.39 is 12.2 Å². The minimum Gasteiger partial charge on any atom is -0.370 e. The van der Waals surface area contributed by atoms with Crippen LogP contribution >= 0.6 is 0 Å². The Morgan fingerprint density at radius 1 is 1.26 bits per heavy atom. The second-order valence-corrected chi connectivity index (χ2v) is 4.37. The number of halogens is 3. The summed E-state index contributed by atoms with van der Waals surface area (Å²) in [6, 6.07) is 3.51. The molecule has 0 aliphatic carbocycles. The Balaban J connectivity index is 2.03. The molecule has 2 aromatic rings. The van der Waals surface area contributed by atoms with Gasteiger partial charge in [-0.25, -0.2) is 4.68 Å². The molecule has 0 saturated heterocycles. The highest BCUT2D eigenvalue weighted by molar-refractivity contribution is 5.62. The molecule has 1 aliphatic heterocycles. The molecule has 2 aromatic heterocycles. The molecule has 7 heteroatoms. The first-order valence-electron chi connectivity index (χ1n) is 5.86. The summed E-state index contributed by atoms with van der Waals surface area (Å²) in [6.45, 7) is 0.297. The van der Waals surface area contributed by atoms with Gasteiger partial charge in [0, 0.05) is 30.6 Å². The van der Waals surface area contributed by atoms with Crippen LogP contribution in [0.2, 0.25) is 0 Å². The maximum atomic E-state index is 12.9. The molecule has 100 valence electrons. The van der Waals surface area contributed by atoms with E-state index in [-0.39, 0.29) is 6.42 Å². The van der Waals surface area contributed by atoms with Crippen molar-refractivity contribution in [3.05, 3.63) is 30.6 Å². The minimum atomic E-state index is -4.28. The maximum Gasteiger partial charge on any atom is 0.410 e. The lowest BCUT2D eigenvalue weighted by Crippen LogP contribution is -2.33. The molecule has 1 atom stereocenters. The van der Waals surface area contributed by atoms with Crippen LogP contribution in [0, 0.1) is 0 Å². The van der Waals surface area contributed by atoms with Crippen LogP contribution in [0.3, 0.4) is 0 Å². The number of aromatic nitrogens is 3. The number of pyridine rings is 1. The maximum absolute atomic E-state index is 12.9. The molecule has 1 aliphatic rings. The fourth-order valence-electron chi connectivity index (χ4n) is 2.19. The highest BCUT2D eigenvalue weighted by atomic mass is 19.4. The molecular weight excluding hydrogens is 257 g/mol. The third kappa shape index (κ3) is 2.16. The van der Waals surface area contributed by atoms with Gasteiger partial charge in [-0.05, 0) is 18.6 Å². The van der Waals surface area contributed by atoms with Crippen LogP contribution in [0.1, 0.15) is 12.5 Å². The van der Waals surface area contributed by atoms with Gasteiger partial charge in [0.2, 0.25) is 0 Å². The standard InChI is InChI=1S/C12H11F3N4/c13-12(14,15)10-3-6-17-11-7-9(18-19(10)11)8-1-4-16-5-2-8/h1-2,4-5,7,10,17H,3,6H2. The SMILES string of the molecule is FC(F)(F)C1CCNc2cc(-c3ccncc3)nn21. The average molecular weight is 268 g/mol. The van der Waals surface area contributed by atoms with Crippen molar-refractivity contribution in [3.8, 4) is 11.3 Å². The van der Waals surface area contributed by atoms with E-state index in [1.165, 1.54) is 0 Å². The molecule has 0 saturated carbocycles. The van der Waals surface area contributed by atoms with Crippen LogP contribution in [-0.2, 0) is 0 Å². The molecule has 3 heterocycles. The Kier molecular flexibility index (Phi) is 2.69. The first-order chi connectivity index (χ1) is 9.05. The Labute approximate surface area is 107 Å². The van der Waals surface area contributed by atoms with Crippen molar-refractivity contribution in [1.82, 2.24) is 14.8 Å². The van der Waals surface area contributed by atoms with Gasteiger partial charge in [-0.2, -0.15) is 18.3 Å². The van der Waals surface area contributed by atoms with Gasteiger partial charge in [-0.1, -0.05) is 0 Å². The molecule has 0 radical (unpaired) electrons. The normalized spacial score (nSPS) is 18.8. The first kappa shape index (κ1) is 12.0. The number of hydrogen-bond donors (Lipinski definition) is 1. The van der Waals surface area contributed by atoms with Gasteiger partial charge < -0.3 is 5.32 Å². The number of alkyl halides is 3. The molecule has 4 nitrogen and oxygen atoms in total. The van der Waals surface area contributed by atoms with Crippen LogP contribution in [0.4, 0.5) is 19.0 Å². The summed E-state index contributed by atoms with van der Waals surface area (Å²) >= 11 is 0. The summed E-state index contributed by atoms with van der Waals surface area (Å²) in [4.78, 5) is 3.88. The minimum absolute atomic E-state index is 0.00599. The van der Waals surface area contributed by atoms with Gasteiger partial charge in [-0.3, -0.25) is 4.98 Å². The number of nitrogens with one attached hydrogen (secondary N) is 1. The molecule has 0 bridgehead atoms. The molecule has 0 amide bonds. The summed E-state index contributed by atoms with van der Waals surface area (Å²) in [6.07, 6.45) is -1.11. The molecule has 1 N–H and O–H groups in total. The van der Waals surface area contributed by atoms with Gasteiger partial charge in [0.25, 0.3) is 0 Å². The molecule has 1 unspecified atom stereocenters. The number of anilines is 1. The van der Waals surface area contributed by atoms with Crippen LogP contribution in [0.5, 0.6) is 0 Å². The monoisotopic (exact) mass is 268 g/mol. The highest BCUT2D eigenvalue weighted by Crippen LogP contribution is 2.38. The van der Waals surface area contributed by atoms with Crippen molar-refractivity contribution in [2.75, 3.05) is 11.9 Å². The number of fused-ring (bicyclic) bond motifs is 1. The summed E-state index contributed by atoms with van der Waals surface area (Å²) < 4.78 is 39.8. The molecule has 19 heavy (non-hydrogen) atoms. The van der Waals surface area contributed by atoms with Crippen LogP contribution < -0.4 is 5.32 Å². The quantitative estimate of drug-likeness (QED) is 0.864. The van der Waals surface area contributed by atoms with Crippen molar-refractivity contribution < 1.29 is 13.2 Å². The smallest absolute Gasteiger partial charge is 0.370 e. The third-order valence-electron chi connectivity index (χ3n) is 3.11. The summed E-state index contributed by atoms with van der Waals surface area (Å²) in [5.41, 5.74) is 1.26. The average Bonchev–Trinajstić information content (AvgIpc) is 2.82. The molecule has 0 spiro atoms. The predicted octanol–water partition coefficient (Wildman–Crippen LogP) is 2.86. The van der Waals surface area contributed by atoms with Gasteiger partial charge in [0.05, 0.1) is 5.69 Å². The lowest BCUT2D eigenvalue weighted by molar-refractivity contribution is -0.171. The Hall–Kier alpha value is -2.05. The molecular formula is C12H11F3N4. The van der Waals surface area contributed by atoms with Crippen molar-refractivity contribution in [3.63, 3.8) is 0 Å². The van der Waals surface area contributed by atoms with E-state index in [4.69, 9.17) is 0 Å². The zero-order valence-corrected chi connectivity index (χ0v) is 9.85. The number of hydrogen-bond acceptors (Lipinski definition) is 3. The van der Waals surface area contributed by atoms with Crippen molar-refractivity contribution in [2.24, 2.45) is 0 Å². The second kappa shape index (κ2) is 4.25. The van der Waals surface area contributed by atoms with Crippen molar-refractivity contribution in [2.45, 2.75) is 18.6 Å². The lowest BCUT2D eigenvalue weighted by atomic mass is 10.1. The fourth-order valence-corrected chi connectivity index (χ4v) is 2.19. The molecule has 0 fully saturated rings. The van der Waals surface area contributed by atoms with Crippen molar-refractivity contribution >= 4 is 5.82 Å². The predicted molar refractivity (Wildman–Crippen MR) is 63.7 cm³/mol. The largest absolute Gasteiger partial charge is 0.410 e. The van der Waals surface area contributed by atoms with E-state index >= 15 is 0 Å². The van der Waals surface area contributed by atoms with Gasteiger partial charge in [-0.15, -0.1) is 0 Å². The third-order valence-corrected chi connectivity index (χ3v) is 3.11. The van der Waals surface area contributed by atoms with Crippen LogP contribution in [0.25, 0.3) is 11.3 Å². The highest BCUT2D eigenvalue weighted by Gasteiger charge is 2.43. The summed E-state index contributed by atoms with van der Waals surface area (Å²) in [7, 11) is 0. The lowest BCUT2D eigenvalue weighted by Gasteiger charge is -2.27. The zero-order valence-electron chi connectivity index (χ0n) is 9.85. The Morgan fingerprint density at radius 3 is 2.68 bits per heavy atom. The van der Waals surface area contributed by atoms with Crippen LogP contribution in [-0.4, -0.2) is 27.5 Å². The Morgan fingerprint density at radius 2 is 2.00 bits per heavy atom.